The highest BCUT2D eigenvalue weighted by Gasteiger charge is 2.08. The highest BCUT2D eigenvalue weighted by Crippen LogP contribution is 2.23. The van der Waals surface area contributed by atoms with Crippen LogP contribution in [0.15, 0.2) is 82.3 Å². The Balaban J connectivity index is 1.92. The second kappa shape index (κ2) is 7.06. The maximum Gasteiger partial charge on any atom is 0.286 e. The average Bonchev–Trinajstić information content (AvgIpc) is 2.62. The molecule has 0 aliphatic rings. The molecule has 0 spiro atoms. The lowest BCUT2D eigenvalue weighted by molar-refractivity contribution is 0.100. The van der Waals surface area contributed by atoms with Crippen LogP contribution in [0.2, 0.25) is 0 Å². The summed E-state index contributed by atoms with van der Waals surface area (Å²) in [6.07, 6.45) is 2.97. The molecule has 1 heterocycles. The molecular weight excluding hydrogens is 324 g/mol. The third kappa shape index (κ3) is 3.67. The van der Waals surface area contributed by atoms with Crippen molar-refractivity contribution in [2.45, 2.75) is 4.90 Å². The second-order valence-electron chi connectivity index (χ2n) is 5.03. The lowest BCUT2D eigenvalue weighted by Gasteiger charge is -2.03. The zero-order valence-electron chi connectivity index (χ0n) is 12.5. The first-order chi connectivity index (χ1) is 11.6. The Kier molecular flexibility index (Phi) is 4.67. The predicted molar refractivity (Wildman–Crippen MR) is 92.3 cm³/mol. The predicted octanol–water partition coefficient (Wildman–Crippen LogP) is 3.32. The molecule has 1 N–H and O–H groups in total. The van der Waals surface area contributed by atoms with Gasteiger partial charge in [-0.2, -0.15) is 4.36 Å². The van der Waals surface area contributed by atoms with Gasteiger partial charge in [-0.05, 0) is 35.9 Å². The first-order valence-electron chi connectivity index (χ1n) is 7.16. The van der Waals surface area contributed by atoms with Crippen LogP contribution in [0.5, 0.6) is 5.75 Å². The number of amides is 1. The topological polar surface area (TPSA) is 79.6 Å². The SMILES string of the molecule is O=C(/N=[SH](=O)\c1ccccc1)c1cncc(-c2cccc(O)c2)c1. The number of rotatable bonds is 3. The lowest BCUT2D eigenvalue weighted by atomic mass is 10.1. The smallest absolute Gasteiger partial charge is 0.286 e. The van der Waals surface area contributed by atoms with E-state index in [1.807, 2.05) is 0 Å². The molecule has 1 atom stereocenters. The molecule has 0 aliphatic heterocycles. The molecule has 0 radical (unpaired) electrons. The Labute approximate surface area is 140 Å². The Bertz CT molecular complexity index is 965. The van der Waals surface area contributed by atoms with Gasteiger partial charge >= 0.3 is 0 Å². The number of thiol groups is 1. The normalized spacial score (nSPS) is 12.0. The van der Waals surface area contributed by atoms with Gasteiger partial charge in [-0.15, -0.1) is 0 Å². The van der Waals surface area contributed by atoms with Gasteiger partial charge in [0, 0.05) is 22.9 Å². The van der Waals surface area contributed by atoms with Crippen LogP contribution in [0.1, 0.15) is 10.4 Å². The minimum Gasteiger partial charge on any atom is -0.508 e. The van der Waals surface area contributed by atoms with Crippen LogP contribution in [0.25, 0.3) is 11.1 Å². The molecule has 1 unspecified atom stereocenters. The minimum absolute atomic E-state index is 0.126. The monoisotopic (exact) mass is 338 g/mol. The molecule has 0 saturated heterocycles. The third-order valence-corrected chi connectivity index (χ3v) is 4.43. The van der Waals surface area contributed by atoms with Gasteiger partial charge in [0.05, 0.1) is 16.2 Å². The zero-order chi connectivity index (χ0) is 16.9. The molecule has 120 valence electrons. The van der Waals surface area contributed by atoms with Crippen LogP contribution in [0.4, 0.5) is 0 Å². The number of phenolic OH excluding ortho intramolecular Hbond substituents is 1. The number of pyridine rings is 1. The number of carbonyl (C=O) groups is 1. The van der Waals surface area contributed by atoms with Gasteiger partial charge in [0.2, 0.25) is 0 Å². The van der Waals surface area contributed by atoms with Crippen LogP contribution in [-0.4, -0.2) is 20.2 Å². The van der Waals surface area contributed by atoms with Gasteiger partial charge in [0.1, 0.15) is 5.75 Å². The van der Waals surface area contributed by atoms with E-state index in [0.717, 1.165) is 5.56 Å². The number of aromatic hydroxyl groups is 1. The van der Waals surface area contributed by atoms with Crippen LogP contribution in [0, 0.1) is 0 Å². The molecule has 0 bridgehead atoms. The van der Waals surface area contributed by atoms with E-state index in [0.29, 0.717) is 10.5 Å². The summed E-state index contributed by atoms with van der Waals surface area (Å²) in [4.78, 5) is 16.8. The Morgan fingerprint density at radius 3 is 2.50 bits per heavy atom. The molecule has 3 aromatic rings. The van der Waals surface area contributed by atoms with Gasteiger partial charge < -0.3 is 5.11 Å². The van der Waals surface area contributed by atoms with Crippen molar-refractivity contribution in [3.8, 4) is 16.9 Å². The van der Waals surface area contributed by atoms with E-state index in [2.05, 4.69) is 9.35 Å². The quantitative estimate of drug-likeness (QED) is 0.718. The van der Waals surface area contributed by atoms with Crippen molar-refractivity contribution in [3.05, 3.63) is 78.6 Å². The third-order valence-electron chi connectivity index (χ3n) is 3.32. The van der Waals surface area contributed by atoms with Gasteiger partial charge in [-0.25, -0.2) is 4.21 Å². The first-order valence-corrected chi connectivity index (χ1v) is 8.37. The van der Waals surface area contributed by atoms with Crippen molar-refractivity contribution >= 4 is 16.5 Å². The Morgan fingerprint density at radius 1 is 0.958 bits per heavy atom. The van der Waals surface area contributed by atoms with Crippen molar-refractivity contribution < 1.29 is 14.1 Å². The van der Waals surface area contributed by atoms with Crippen LogP contribution >= 0.6 is 0 Å². The molecule has 2 aromatic carbocycles. The second-order valence-corrected chi connectivity index (χ2v) is 6.29. The lowest BCUT2D eigenvalue weighted by Crippen LogP contribution is -1.97. The van der Waals surface area contributed by atoms with Crippen molar-refractivity contribution in [1.29, 1.82) is 0 Å². The Morgan fingerprint density at radius 2 is 1.75 bits per heavy atom. The fraction of sp³-hybridized carbons (Fsp3) is 0. The van der Waals surface area contributed by atoms with Crippen LogP contribution in [-0.2, 0) is 10.6 Å². The van der Waals surface area contributed by atoms with E-state index in [-0.39, 0.29) is 11.3 Å². The maximum atomic E-state index is 12.2. The zero-order valence-corrected chi connectivity index (χ0v) is 13.4. The van der Waals surface area contributed by atoms with Crippen molar-refractivity contribution in [1.82, 2.24) is 4.98 Å². The van der Waals surface area contributed by atoms with E-state index in [9.17, 15) is 14.1 Å². The first kappa shape index (κ1) is 15.9. The standard InChI is InChI=1S/C18H14N2O3S/c21-16-6-4-5-13(10-16)14-9-15(12-19-11-14)18(22)20-24(23)17-7-2-1-3-8-17/h1-12,21,24H. The number of aromatic nitrogens is 1. The minimum atomic E-state index is -2.15. The largest absolute Gasteiger partial charge is 0.508 e. The van der Waals surface area contributed by atoms with Crippen LogP contribution < -0.4 is 0 Å². The fourth-order valence-electron chi connectivity index (χ4n) is 2.15. The summed E-state index contributed by atoms with van der Waals surface area (Å²) in [6.45, 7) is 0. The van der Waals surface area contributed by atoms with Gasteiger partial charge in [-0.1, -0.05) is 30.3 Å². The van der Waals surface area contributed by atoms with Crippen molar-refractivity contribution in [2.24, 2.45) is 4.36 Å². The van der Waals surface area contributed by atoms with Crippen molar-refractivity contribution in [3.63, 3.8) is 0 Å². The highest BCUT2D eigenvalue weighted by molar-refractivity contribution is 7.75. The number of nitrogens with zero attached hydrogens (tertiary/aromatic N) is 2. The van der Waals surface area contributed by atoms with Gasteiger partial charge in [0.25, 0.3) is 5.91 Å². The molecule has 0 aliphatic carbocycles. The van der Waals surface area contributed by atoms with E-state index in [1.165, 1.54) is 6.20 Å². The summed E-state index contributed by atoms with van der Waals surface area (Å²) in [5.41, 5.74) is 1.64. The summed E-state index contributed by atoms with van der Waals surface area (Å²) >= 11 is 0. The molecule has 1 aromatic heterocycles. The number of hydrogen-bond donors (Lipinski definition) is 2. The fourth-order valence-corrected chi connectivity index (χ4v) is 2.98. The molecule has 0 saturated carbocycles. The summed E-state index contributed by atoms with van der Waals surface area (Å²) < 4.78 is 15.9. The van der Waals surface area contributed by atoms with E-state index < -0.39 is 16.5 Å². The molecule has 1 amide bonds. The molecular formula is C18H14N2O3S. The maximum absolute atomic E-state index is 12.2. The number of phenols is 1. The summed E-state index contributed by atoms with van der Waals surface area (Å²) in [5.74, 6) is -0.462. The summed E-state index contributed by atoms with van der Waals surface area (Å²) in [5, 5.41) is 9.55. The number of benzene rings is 2. The summed E-state index contributed by atoms with van der Waals surface area (Å²) in [7, 11) is -2.15. The summed E-state index contributed by atoms with van der Waals surface area (Å²) in [6, 6.07) is 16.9. The number of carbonyl (C=O) groups excluding carboxylic acids is 1. The van der Waals surface area contributed by atoms with Gasteiger partial charge in [-0.3, -0.25) is 9.78 Å². The Hall–Kier alpha value is -2.99. The molecule has 3 rings (SSSR count). The molecule has 5 nitrogen and oxygen atoms in total. The molecule has 6 heteroatoms. The van der Waals surface area contributed by atoms with Gasteiger partial charge in [0.15, 0.2) is 0 Å². The number of hydrogen-bond acceptors (Lipinski definition) is 4. The highest BCUT2D eigenvalue weighted by atomic mass is 32.2. The van der Waals surface area contributed by atoms with E-state index >= 15 is 0 Å². The van der Waals surface area contributed by atoms with Crippen LogP contribution in [0.3, 0.4) is 0 Å². The average molecular weight is 338 g/mol. The molecule has 24 heavy (non-hydrogen) atoms. The molecule has 0 fully saturated rings. The van der Waals surface area contributed by atoms with Crippen molar-refractivity contribution in [2.75, 3.05) is 0 Å². The van der Waals surface area contributed by atoms with E-state index in [4.69, 9.17) is 0 Å². The van der Waals surface area contributed by atoms with E-state index in [1.54, 1.807) is 66.9 Å².